The molecule has 178 valence electrons. The molecular formula is C27H28N6OS. The van der Waals surface area contributed by atoms with Crippen LogP contribution in [0.25, 0.3) is 11.4 Å². The van der Waals surface area contributed by atoms with Gasteiger partial charge in [0.15, 0.2) is 11.0 Å². The predicted octanol–water partition coefficient (Wildman–Crippen LogP) is 4.22. The lowest BCUT2D eigenvalue weighted by Gasteiger charge is -2.37. The minimum atomic E-state index is -0.262. The van der Waals surface area contributed by atoms with E-state index in [9.17, 15) is 4.79 Å². The summed E-state index contributed by atoms with van der Waals surface area (Å²) in [5.41, 5.74) is 3.31. The van der Waals surface area contributed by atoms with E-state index in [-0.39, 0.29) is 11.2 Å². The van der Waals surface area contributed by atoms with E-state index >= 15 is 0 Å². The summed E-state index contributed by atoms with van der Waals surface area (Å²) in [6, 6.07) is 24.5. The third-order valence-corrected chi connectivity index (χ3v) is 7.25. The number of anilines is 1. The quantitative estimate of drug-likeness (QED) is 0.366. The van der Waals surface area contributed by atoms with Crippen LogP contribution in [0.1, 0.15) is 12.5 Å². The smallest absolute Gasteiger partial charge is 0.236 e. The molecule has 35 heavy (non-hydrogen) atoms. The molecule has 1 saturated heterocycles. The number of carbonyl (C=O) groups is 1. The molecule has 1 unspecified atom stereocenters. The van der Waals surface area contributed by atoms with Crippen LogP contribution in [-0.2, 0) is 11.3 Å². The van der Waals surface area contributed by atoms with Crippen molar-refractivity contribution in [2.24, 2.45) is 0 Å². The minimum absolute atomic E-state index is 0.141. The van der Waals surface area contributed by atoms with Crippen LogP contribution in [-0.4, -0.2) is 62.0 Å². The summed E-state index contributed by atoms with van der Waals surface area (Å²) in [5.74, 6) is 0.914. The molecule has 1 amide bonds. The molecule has 7 nitrogen and oxygen atoms in total. The van der Waals surface area contributed by atoms with Crippen LogP contribution in [0.2, 0.25) is 0 Å². The molecule has 0 radical (unpaired) electrons. The van der Waals surface area contributed by atoms with E-state index in [0.717, 1.165) is 48.3 Å². The summed E-state index contributed by atoms with van der Waals surface area (Å²) < 4.78 is 2.09. The van der Waals surface area contributed by atoms with Crippen molar-refractivity contribution in [3.63, 3.8) is 0 Å². The SMILES string of the molecule is CC(Sc1nnc(-c2ccncc2)n1Cc1ccccc1)C(=O)N1CCN(c2ccccc2)CC1. The van der Waals surface area contributed by atoms with Crippen LogP contribution >= 0.6 is 11.8 Å². The highest BCUT2D eigenvalue weighted by molar-refractivity contribution is 8.00. The van der Waals surface area contributed by atoms with Gasteiger partial charge in [0.2, 0.25) is 5.91 Å². The number of para-hydroxylation sites is 1. The summed E-state index contributed by atoms with van der Waals surface area (Å²) in [6.45, 7) is 5.71. The highest BCUT2D eigenvalue weighted by Crippen LogP contribution is 2.29. The fraction of sp³-hybridized carbons (Fsp3) is 0.259. The van der Waals surface area contributed by atoms with E-state index in [1.54, 1.807) is 12.4 Å². The summed E-state index contributed by atoms with van der Waals surface area (Å²) >= 11 is 1.47. The van der Waals surface area contributed by atoms with Gasteiger partial charge in [0.1, 0.15) is 0 Å². The molecule has 2 aromatic heterocycles. The fourth-order valence-corrected chi connectivity index (χ4v) is 5.22. The lowest BCUT2D eigenvalue weighted by atomic mass is 10.2. The Labute approximate surface area is 209 Å². The zero-order valence-corrected chi connectivity index (χ0v) is 20.5. The van der Waals surface area contributed by atoms with Crippen molar-refractivity contribution in [3.05, 3.63) is 90.8 Å². The van der Waals surface area contributed by atoms with Crippen molar-refractivity contribution >= 4 is 23.4 Å². The average Bonchev–Trinajstić information content (AvgIpc) is 3.31. The van der Waals surface area contributed by atoms with E-state index < -0.39 is 0 Å². The number of rotatable bonds is 7. The highest BCUT2D eigenvalue weighted by Gasteiger charge is 2.27. The van der Waals surface area contributed by atoms with Gasteiger partial charge < -0.3 is 9.80 Å². The van der Waals surface area contributed by atoms with Crippen molar-refractivity contribution in [1.82, 2.24) is 24.6 Å². The first-order valence-corrected chi connectivity index (χ1v) is 12.7. The lowest BCUT2D eigenvalue weighted by molar-refractivity contribution is -0.130. The highest BCUT2D eigenvalue weighted by atomic mass is 32.2. The van der Waals surface area contributed by atoms with Gasteiger partial charge in [-0.05, 0) is 36.8 Å². The molecule has 1 fully saturated rings. The number of carbonyl (C=O) groups excluding carboxylic acids is 1. The Hall–Kier alpha value is -3.65. The number of amides is 1. The summed E-state index contributed by atoms with van der Waals surface area (Å²) in [5, 5.41) is 9.45. The zero-order chi connectivity index (χ0) is 24.0. The van der Waals surface area contributed by atoms with E-state index in [2.05, 4.69) is 61.0 Å². The molecule has 2 aromatic carbocycles. The molecule has 0 bridgehead atoms. The second kappa shape index (κ2) is 10.7. The van der Waals surface area contributed by atoms with E-state index in [1.165, 1.54) is 17.4 Å². The molecule has 4 aromatic rings. The van der Waals surface area contributed by atoms with Gasteiger partial charge in [-0.1, -0.05) is 60.3 Å². The van der Waals surface area contributed by atoms with Gasteiger partial charge in [0.05, 0.1) is 11.8 Å². The van der Waals surface area contributed by atoms with Gasteiger partial charge in [0.25, 0.3) is 0 Å². The first-order valence-electron chi connectivity index (χ1n) is 11.8. The first-order chi connectivity index (χ1) is 17.2. The minimum Gasteiger partial charge on any atom is -0.368 e. The second-order valence-electron chi connectivity index (χ2n) is 8.52. The monoisotopic (exact) mass is 484 g/mol. The van der Waals surface area contributed by atoms with Gasteiger partial charge in [-0.2, -0.15) is 0 Å². The van der Waals surface area contributed by atoms with Crippen LogP contribution in [0, 0.1) is 0 Å². The number of hydrogen-bond acceptors (Lipinski definition) is 6. The molecule has 1 atom stereocenters. The Balaban J connectivity index is 1.30. The van der Waals surface area contributed by atoms with Gasteiger partial charge in [0, 0.05) is 49.8 Å². The molecule has 0 N–H and O–H groups in total. The van der Waals surface area contributed by atoms with Crippen molar-refractivity contribution in [1.29, 1.82) is 0 Å². The van der Waals surface area contributed by atoms with Gasteiger partial charge in [-0.15, -0.1) is 10.2 Å². The average molecular weight is 485 g/mol. The second-order valence-corrected chi connectivity index (χ2v) is 9.83. The number of piperazine rings is 1. The molecule has 3 heterocycles. The summed E-state index contributed by atoms with van der Waals surface area (Å²) in [7, 11) is 0. The topological polar surface area (TPSA) is 67.2 Å². The number of benzene rings is 2. The van der Waals surface area contributed by atoms with E-state index in [0.29, 0.717) is 6.54 Å². The molecule has 1 aliphatic heterocycles. The van der Waals surface area contributed by atoms with Gasteiger partial charge in [-0.25, -0.2) is 0 Å². The van der Waals surface area contributed by atoms with Crippen molar-refractivity contribution in [3.8, 4) is 11.4 Å². The van der Waals surface area contributed by atoms with Gasteiger partial charge >= 0.3 is 0 Å². The Bertz CT molecular complexity index is 1240. The summed E-state index contributed by atoms with van der Waals surface area (Å²) in [6.07, 6.45) is 3.51. The van der Waals surface area contributed by atoms with Crippen LogP contribution in [0.5, 0.6) is 0 Å². The standard InChI is InChI=1S/C27H28N6OS/c1-21(26(34)32-18-16-31(17-19-32)24-10-6-3-7-11-24)35-27-30-29-25(23-12-14-28-15-13-23)33(27)20-22-8-4-2-5-9-22/h2-15,21H,16-20H2,1H3. The molecule has 8 heteroatoms. The van der Waals surface area contributed by atoms with E-state index in [1.807, 2.05) is 48.2 Å². The number of aromatic nitrogens is 4. The number of thioether (sulfide) groups is 1. The third-order valence-electron chi connectivity index (χ3n) is 6.18. The van der Waals surface area contributed by atoms with Crippen LogP contribution in [0.15, 0.2) is 90.3 Å². The van der Waals surface area contributed by atoms with Crippen LogP contribution in [0.4, 0.5) is 5.69 Å². The maximum atomic E-state index is 13.3. The molecule has 1 aliphatic rings. The Morgan fingerprint density at radius 3 is 2.23 bits per heavy atom. The lowest BCUT2D eigenvalue weighted by Crippen LogP contribution is -2.50. The predicted molar refractivity (Wildman–Crippen MR) is 139 cm³/mol. The Kier molecular flexibility index (Phi) is 7.09. The fourth-order valence-electron chi connectivity index (χ4n) is 4.29. The zero-order valence-electron chi connectivity index (χ0n) is 19.7. The first kappa shape index (κ1) is 23.1. The maximum absolute atomic E-state index is 13.3. The van der Waals surface area contributed by atoms with Crippen molar-refractivity contribution in [2.45, 2.75) is 23.9 Å². The number of hydrogen-bond donors (Lipinski definition) is 0. The van der Waals surface area contributed by atoms with Crippen molar-refractivity contribution < 1.29 is 4.79 Å². The molecule has 0 saturated carbocycles. The molecule has 5 rings (SSSR count). The third kappa shape index (κ3) is 5.38. The molecule has 0 aliphatic carbocycles. The summed E-state index contributed by atoms with van der Waals surface area (Å²) in [4.78, 5) is 21.7. The normalized spacial score (nSPS) is 14.7. The molecular weight excluding hydrogens is 456 g/mol. The van der Waals surface area contributed by atoms with Crippen molar-refractivity contribution in [2.75, 3.05) is 31.1 Å². The van der Waals surface area contributed by atoms with Crippen LogP contribution in [0.3, 0.4) is 0 Å². The number of nitrogens with zero attached hydrogens (tertiary/aromatic N) is 6. The largest absolute Gasteiger partial charge is 0.368 e. The Morgan fingerprint density at radius 1 is 0.886 bits per heavy atom. The van der Waals surface area contributed by atoms with Crippen LogP contribution < -0.4 is 4.90 Å². The Morgan fingerprint density at radius 2 is 1.54 bits per heavy atom. The van der Waals surface area contributed by atoms with Gasteiger partial charge in [-0.3, -0.25) is 14.3 Å². The molecule has 0 spiro atoms. The van der Waals surface area contributed by atoms with E-state index in [4.69, 9.17) is 0 Å². The number of pyridine rings is 1. The maximum Gasteiger partial charge on any atom is 0.236 e.